The van der Waals surface area contributed by atoms with Crippen LogP contribution < -0.4 is 4.74 Å². The lowest BCUT2D eigenvalue weighted by Gasteiger charge is -2.07. The maximum Gasteiger partial charge on any atom is 0.337 e. The van der Waals surface area contributed by atoms with Crippen LogP contribution in [0.2, 0.25) is 0 Å². The summed E-state index contributed by atoms with van der Waals surface area (Å²) in [5.74, 6) is -1.35. The van der Waals surface area contributed by atoms with Gasteiger partial charge in [-0.05, 0) is 18.2 Å². The fraction of sp³-hybridized carbons (Fsp3) is 0.0714. The number of nitriles is 1. The second-order valence-electron chi connectivity index (χ2n) is 3.92. The van der Waals surface area contributed by atoms with Crippen molar-refractivity contribution in [2.75, 3.05) is 0 Å². The van der Waals surface area contributed by atoms with E-state index in [0.29, 0.717) is 5.56 Å². The van der Waals surface area contributed by atoms with Crippen molar-refractivity contribution >= 4 is 5.97 Å². The van der Waals surface area contributed by atoms with Gasteiger partial charge in [-0.1, -0.05) is 6.07 Å². The van der Waals surface area contributed by atoms with Gasteiger partial charge < -0.3 is 9.84 Å². The highest BCUT2D eigenvalue weighted by molar-refractivity contribution is 5.87. The fourth-order valence-electron chi connectivity index (χ4n) is 1.55. The molecule has 0 aliphatic heterocycles. The Morgan fingerprint density at radius 1 is 1.40 bits per heavy atom. The summed E-state index contributed by atoms with van der Waals surface area (Å²) in [6.45, 7) is 0.0218. The number of halogens is 1. The third-order valence-electron chi connectivity index (χ3n) is 2.55. The molecule has 1 aromatic carbocycles. The van der Waals surface area contributed by atoms with E-state index in [1.165, 1.54) is 30.6 Å². The molecule has 20 heavy (non-hydrogen) atoms. The number of aromatic nitrogens is 1. The first-order valence-electron chi connectivity index (χ1n) is 5.60. The van der Waals surface area contributed by atoms with Gasteiger partial charge in [0, 0.05) is 11.8 Å². The SMILES string of the molecule is N#Cc1cc(F)ccc1COc1cncc(C(=O)O)c1. The first kappa shape index (κ1) is 13.5. The Morgan fingerprint density at radius 3 is 2.90 bits per heavy atom. The summed E-state index contributed by atoms with van der Waals surface area (Å²) in [4.78, 5) is 14.5. The second-order valence-corrected chi connectivity index (χ2v) is 3.92. The van der Waals surface area contributed by atoms with Crippen molar-refractivity contribution in [2.45, 2.75) is 6.61 Å². The number of hydrogen-bond donors (Lipinski definition) is 1. The molecule has 0 amide bonds. The van der Waals surface area contributed by atoms with Gasteiger partial charge in [0.2, 0.25) is 0 Å². The van der Waals surface area contributed by atoms with E-state index < -0.39 is 11.8 Å². The van der Waals surface area contributed by atoms with Crippen LogP contribution in [0.5, 0.6) is 5.75 Å². The van der Waals surface area contributed by atoms with E-state index in [0.717, 1.165) is 6.07 Å². The van der Waals surface area contributed by atoms with E-state index in [2.05, 4.69) is 4.98 Å². The van der Waals surface area contributed by atoms with Crippen LogP contribution in [-0.2, 0) is 6.61 Å². The monoisotopic (exact) mass is 272 g/mol. The number of carbonyl (C=O) groups is 1. The molecule has 0 unspecified atom stereocenters. The zero-order valence-corrected chi connectivity index (χ0v) is 10.2. The number of carboxylic acids is 1. The molecule has 0 aliphatic carbocycles. The van der Waals surface area contributed by atoms with E-state index in [-0.39, 0.29) is 23.5 Å². The summed E-state index contributed by atoms with van der Waals surface area (Å²) in [5.41, 5.74) is 0.684. The topological polar surface area (TPSA) is 83.2 Å². The van der Waals surface area contributed by atoms with Crippen molar-refractivity contribution in [3.8, 4) is 11.8 Å². The summed E-state index contributed by atoms with van der Waals surface area (Å²) >= 11 is 0. The molecule has 2 rings (SSSR count). The van der Waals surface area contributed by atoms with E-state index in [1.807, 2.05) is 6.07 Å². The Balaban J connectivity index is 2.15. The van der Waals surface area contributed by atoms with Crippen molar-refractivity contribution < 1.29 is 19.0 Å². The molecule has 0 spiro atoms. The summed E-state index contributed by atoms with van der Waals surface area (Å²) in [5, 5.41) is 17.7. The summed E-state index contributed by atoms with van der Waals surface area (Å²) < 4.78 is 18.3. The highest BCUT2D eigenvalue weighted by Gasteiger charge is 2.07. The zero-order chi connectivity index (χ0) is 14.5. The van der Waals surface area contributed by atoms with Crippen molar-refractivity contribution in [3.63, 3.8) is 0 Å². The predicted octanol–water partition coefficient (Wildman–Crippen LogP) is 2.37. The maximum atomic E-state index is 13.0. The summed E-state index contributed by atoms with van der Waals surface area (Å²) in [6, 6.07) is 6.99. The Bertz CT molecular complexity index is 695. The molecule has 6 heteroatoms. The number of aromatic carboxylic acids is 1. The third kappa shape index (κ3) is 3.09. The average Bonchev–Trinajstić information content (AvgIpc) is 2.46. The smallest absolute Gasteiger partial charge is 0.337 e. The van der Waals surface area contributed by atoms with Gasteiger partial charge in [0.25, 0.3) is 0 Å². The molecule has 0 saturated heterocycles. The minimum absolute atomic E-state index is 0.00196. The molecule has 0 bridgehead atoms. The van der Waals surface area contributed by atoms with Crippen LogP contribution in [0.1, 0.15) is 21.5 Å². The largest absolute Gasteiger partial charge is 0.487 e. The van der Waals surface area contributed by atoms with Gasteiger partial charge in [-0.2, -0.15) is 5.26 Å². The van der Waals surface area contributed by atoms with Crippen LogP contribution in [0.25, 0.3) is 0 Å². The third-order valence-corrected chi connectivity index (χ3v) is 2.55. The molecule has 0 aliphatic rings. The summed E-state index contributed by atoms with van der Waals surface area (Å²) in [6.07, 6.45) is 2.57. The maximum absolute atomic E-state index is 13.0. The van der Waals surface area contributed by atoms with Crippen molar-refractivity contribution in [3.05, 3.63) is 59.2 Å². The number of hydrogen-bond acceptors (Lipinski definition) is 4. The van der Waals surface area contributed by atoms with Crippen LogP contribution in [0.15, 0.2) is 36.7 Å². The van der Waals surface area contributed by atoms with Gasteiger partial charge >= 0.3 is 5.97 Å². The highest BCUT2D eigenvalue weighted by Crippen LogP contribution is 2.16. The molecule has 0 atom stereocenters. The lowest BCUT2D eigenvalue weighted by Crippen LogP contribution is -2.02. The lowest BCUT2D eigenvalue weighted by atomic mass is 10.1. The lowest BCUT2D eigenvalue weighted by molar-refractivity contribution is 0.0696. The first-order valence-corrected chi connectivity index (χ1v) is 5.60. The number of nitrogens with zero attached hydrogens (tertiary/aromatic N) is 2. The van der Waals surface area contributed by atoms with Crippen LogP contribution in [0.4, 0.5) is 4.39 Å². The Hall–Kier alpha value is -2.94. The minimum Gasteiger partial charge on any atom is -0.487 e. The van der Waals surface area contributed by atoms with Gasteiger partial charge in [-0.15, -0.1) is 0 Å². The van der Waals surface area contributed by atoms with E-state index in [4.69, 9.17) is 15.1 Å². The quantitative estimate of drug-likeness (QED) is 0.923. The molecule has 0 fully saturated rings. The molecule has 5 nitrogen and oxygen atoms in total. The highest BCUT2D eigenvalue weighted by atomic mass is 19.1. The molecular weight excluding hydrogens is 263 g/mol. The van der Waals surface area contributed by atoms with Gasteiger partial charge in [-0.3, -0.25) is 4.98 Å². The molecular formula is C14H9FN2O3. The normalized spacial score (nSPS) is 9.80. The van der Waals surface area contributed by atoms with Gasteiger partial charge in [0.1, 0.15) is 18.2 Å². The number of ether oxygens (including phenoxy) is 1. The van der Waals surface area contributed by atoms with Crippen LogP contribution in [-0.4, -0.2) is 16.1 Å². The van der Waals surface area contributed by atoms with Gasteiger partial charge in [0.15, 0.2) is 0 Å². The second kappa shape index (κ2) is 5.80. The van der Waals surface area contributed by atoms with Crippen molar-refractivity contribution in [1.29, 1.82) is 5.26 Å². The first-order chi connectivity index (χ1) is 9.60. The summed E-state index contributed by atoms with van der Waals surface area (Å²) in [7, 11) is 0. The Labute approximate surface area is 113 Å². The standard InChI is InChI=1S/C14H9FN2O3/c15-12-2-1-9(10(3-12)5-16)8-20-13-4-11(14(18)19)6-17-7-13/h1-4,6-7H,8H2,(H,18,19). The van der Waals surface area contributed by atoms with E-state index in [9.17, 15) is 9.18 Å². The zero-order valence-electron chi connectivity index (χ0n) is 10.2. The van der Waals surface area contributed by atoms with E-state index >= 15 is 0 Å². The molecule has 100 valence electrons. The predicted molar refractivity (Wildman–Crippen MR) is 66.6 cm³/mol. The number of pyridine rings is 1. The van der Waals surface area contributed by atoms with Gasteiger partial charge in [-0.25, -0.2) is 9.18 Å². The Morgan fingerprint density at radius 2 is 2.20 bits per heavy atom. The molecule has 2 aromatic rings. The number of rotatable bonds is 4. The van der Waals surface area contributed by atoms with Crippen molar-refractivity contribution in [1.82, 2.24) is 4.98 Å². The average molecular weight is 272 g/mol. The number of benzene rings is 1. The Kier molecular flexibility index (Phi) is 3.91. The molecule has 0 radical (unpaired) electrons. The van der Waals surface area contributed by atoms with E-state index in [1.54, 1.807) is 0 Å². The fourth-order valence-corrected chi connectivity index (χ4v) is 1.55. The molecule has 0 saturated carbocycles. The van der Waals surface area contributed by atoms with Crippen LogP contribution in [0.3, 0.4) is 0 Å². The number of carboxylic acid groups (broad SMARTS) is 1. The molecule has 1 heterocycles. The molecule has 1 aromatic heterocycles. The van der Waals surface area contributed by atoms with Crippen molar-refractivity contribution in [2.24, 2.45) is 0 Å². The molecule has 1 N–H and O–H groups in total. The van der Waals surface area contributed by atoms with Crippen LogP contribution >= 0.6 is 0 Å². The van der Waals surface area contributed by atoms with Gasteiger partial charge in [0.05, 0.1) is 23.4 Å². The minimum atomic E-state index is -1.11. The van der Waals surface area contributed by atoms with Crippen LogP contribution in [0, 0.1) is 17.1 Å².